The molecule has 2 rings (SSSR count). The molecule has 0 radical (unpaired) electrons. The molecule has 2 heterocycles. The maximum Gasteiger partial charge on any atom is 0.367 e. The minimum absolute atomic E-state index is 0.169. The predicted octanol–water partition coefficient (Wildman–Crippen LogP) is 1.02. The highest BCUT2D eigenvalue weighted by atomic mass is 32.1. The SMILES string of the molecule is CCOC(=O)c1nc(C(=O)N(C)Cc2n[nH]c(C)n2)cs1. The Kier molecular flexibility index (Phi) is 4.63. The van der Waals surface area contributed by atoms with Crippen LogP contribution < -0.4 is 0 Å². The molecule has 2 aromatic heterocycles. The maximum absolute atomic E-state index is 12.2. The molecule has 8 nitrogen and oxygen atoms in total. The summed E-state index contributed by atoms with van der Waals surface area (Å²) in [7, 11) is 1.62. The van der Waals surface area contributed by atoms with Gasteiger partial charge in [-0.1, -0.05) is 0 Å². The van der Waals surface area contributed by atoms with Crippen LogP contribution in [0.3, 0.4) is 0 Å². The van der Waals surface area contributed by atoms with E-state index in [1.54, 1.807) is 20.9 Å². The fourth-order valence-corrected chi connectivity index (χ4v) is 2.28. The first-order valence-corrected chi connectivity index (χ1v) is 7.15. The van der Waals surface area contributed by atoms with Gasteiger partial charge in [0.05, 0.1) is 13.2 Å². The molecule has 21 heavy (non-hydrogen) atoms. The van der Waals surface area contributed by atoms with Gasteiger partial charge >= 0.3 is 5.97 Å². The lowest BCUT2D eigenvalue weighted by Gasteiger charge is -2.13. The van der Waals surface area contributed by atoms with Crippen LogP contribution in [0.4, 0.5) is 0 Å². The van der Waals surface area contributed by atoms with Crippen LogP contribution >= 0.6 is 11.3 Å². The number of aromatic amines is 1. The molecule has 0 saturated carbocycles. The number of hydrogen-bond acceptors (Lipinski definition) is 7. The van der Waals surface area contributed by atoms with Crippen LogP contribution in [-0.4, -0.2) is 50.6 Å². The zero-order valence-electron chi connectivity index (χ0n) is 11.9. The van der Waals surface area contributed by atoms with Crippen molar-refractivity contribution in [1.82, 2.24) is 25.1 Å². The molecule has 0 aliphatic carbocycles. The number of aromatic nitrogens is 4. The van der Waals surface area contributed by atoms with E-state index in [4.69, 9.17) is 4.74 Å². The van der Waals surface area contributed by atoms with Gasteiger partial charge in [0.2, 0.25) is 5.01 Å². The lowest BCUT2D eigenvalue weighted by atomic mass is 10.4. The number of esters is 1. The average molecular weight is 309 g/mol. The number of thiazole rings is 1. The van der Waals surface area contributed by atoms with Gasteiger partial charge in [-0.2, -0.15) is 5.10 Å². The molecule has 112 valence electrons. The summed E-state index contributed by atoms with van der Waals surface area (Å²) in [4.78, 5) is 33.3. The Hall–Kier alpha value is -2.29. The Labute approximate surface area is 125 Å². The topological polar surface area (TPSA) is 101 Å². The number of amides is 1. The quantitative estimate of drug-likeness (QED) is 0.827. The van der Waals surface area contributed by atoms with E-state index in [1.807, 2.05) is 0 Å². The zero-order valence-corrected chi connectivity index (χ0v) is 12.7. The van der Waals surface area contributed by atoms with Crippen LogP contribution in [0.1, 0.15) is 38.9 Å². The van der Waals surface area contributed by atoms with Gasteiger partial charge < -0.3 is 9.64 Å². The maximum atomic E-state index is 12.2. The highest BCUT2D eigenvalue weighted by Gasteiger charge is 2.20. The number of nitrogens with zero attached hydrogens (tertiary/aromatic N) is 4. The Bertz CT molecular complexity index is 651. The summed E-state index contributed by atoms with van der Waals surface area (Å²) in [6, 6.07) is 0. The Morgan fingerprint density at radius 3 is 2.81 bits per heavy atom. The minimum Gasteiger partial charge on any atom is -0.461 e. The van der Waals surface area contributed by atoms with Crippen molar-refractivity contribution in [3.05, 3.63) is 27.7 Å². The van der Waals surface area contributed by atoms with Gasteiger partial charge in [-0.25, -0.2) is 14.8 Å². The number of ether oxygens (including phenoxy) is 1. The van der Waals surface area contributed by atoms with Crippen LogP contribution in [0, 0.1) is 6.92 Å². The smallest absolute Gasteiger partial charge is 0.367 e. The molecule has 0 bridgehead atoms. The summed E-state index contributed by atoms with van der Waals surface area (Å²) < 4.78 is 4.84. The molecule has 0 fully saturated rings. The summed E-state index contributed by atoms with van der Waals surface area (Å²) in [5.74, 6) is 0.381. The lowest BCUT2D eigenvalue weighted by Crippen LogP contribution is -2.27. The van der Waals surface area contributed by atoms with Crippen LogP contribution in [0.2, 0.25) is 0 Å². The normalized spacial score (nSPS) is 10.4. The number of hydrogen-bond donors (Lipinski definition) is 1. The molecule has 0 atom stereocenters. The predicted molar refractivity (Wildman–Crippen MR) is 75.0 cm³/mol. The van der Waals surface area contributed by atoms with E-state index in [9.17, 15) is 9.59 Å². The molecule has 0 aromatic carbocycles. The van der Waals surface area contributed by atoms with E-state index >= 15 is 0 Å². The first-order valence-electron chi connectivity index (χ1n) is 6.27. The molecule has 1 N–H and O–H groups in total. The third-order valence-corrected chi connectivity index (χ3v) is 3.36. The van der Waals surface area contributed by atoms with Crippen molar-refractivity contribution in [2.24, 2.45) is 0 Å². The molecule has 1 amide bonds. The molecule has 0 unspecified atom stereocenters. The van der Waals surface area contributed by atoms with Crippen molar-refractivity contribution in [2.45, 2.75) is 20.4 Å². The standard InChI is InChI=1S/C12H15N5O3S/c1-4-20-12(19)10-14-8(6-21-10)11(18)17(3)5-9-13-7(2)15-16-9/h6H,4-5H2,1-3H3,(H,13,15,16). The van der Waals surface area contributed by atoms with E-state index in [2.05, 4.69) is 20.2 Å². The fourth-order valence-electron chi connectivity index (χ4n) is 1.60. The Morgan fingerprint density at radius 2 is 2.19 bits per heavy atom. The summed E-state index contributed by atoms with van der Waals surface area (Å²) in [5, 5.41) is 8.38. The molecular formula is C12H15N5O3S. The Balaban J connectivity index is 2.04. The summed E-state index contributed by atoms with van der Waals surface area (Å²) in [6.07, 6.45) is 0. The van der Waals surface area contributed by atoms with E-state index < -0.39 is 5.97 Å². The van der Waals surface area contributed by atoms with Gasteiger partial charge in [0.25, 0.3) is 5.91 Å². The van der Waals surface area contributed by atoms with Gasteiger partial charge in [-0.05, 0) is 13.8 Å². The van der Waals surface area contributed by atoms with Crippen LogP contribution in [0.5, 0.6) is 0 Å². The fraction of sp³-hybridized carbons (Fsp3) is 0.417. The van der Waals surface area contributed by atoms with Crippen molar-refractivity contribution >= 4 is 23.2 Å². The van der Waals surface area contributed by atoms with Crippen molar-refractivity contribution in [2.75, 3.05) is 13.7 Å². The van der Waals surface area contributed by atoms with E-state index in [1.165, 1.54) is 10.3 Å². The van der Waals surface area contributed by atoms with Crippen molar-refractivity contribution in [1.29, 1.82) is 0 Å². The molecule has 9 heteroatoms. The first-order chi connectivity index (χ1) is 10.0. The van der Waals surface area contributed by atoms with Crippen LogP contribution in [0.25, 0.3) is 0 Å². The third-order valence-electron chi connectivity index (χ3n) is 2.54. The summed E-state index contributed by atoms with van der Waals surface area (Å²) in [5.41, 5.74) is 0.206. The van der Waals surface area contributed by atoms with E-state index in [0.717, 1.165) is 11.3 Å². The van der Waals surface area contributed by atoms with E-state index in [0.29, 0.717) is 11.6 Å². The largest absolute Gasteiger partial charge is 0.461 e. The molecule has 0 aliphatic heterocycles. The molecule has 2 aromatic rings. The third kappa shape index (κ3) is 3.63. The summed E-state index contributed by atoms with van der Waals surface area (Å²) >= 11 is 1.08. The number of nitrogens with one attached hydrogen (secondary N) is 1. The van der Waals surface area contributed by atoms with Crippen molar-refractivity contribution in [3.63, 3.8) is 0 Å². The zero-order chi connectivity index (χ0) is 15.4. The van der Waals surface area contributed by atoms with Crippen molar-refractivity contribution in [3.8, 4) is 0 Å². The van der Waals surface area contributed by atoms with Crippen LogP contribution in [-0.2, 0) is 11.3 Å². The average Bonchev–Trinajstić information content (AvgIpc) is 3.07. The lowest BCUT2D eigenvalue weighted by molar-refractivity contribution is 0.0526. The second-order valence-corrected chi connectivity index (χ2v) is 5.11. The number of H-pyrrole nitrogens is 1. The molecular weight excluding hydrogens is 294 g/mol. The van der Waals surface area contributed by atoms with Gasteiger partial charge in [0.15, 0.2) is 5.82 Å². The number of rotatable bonds is 5. The highest BCUT2D eigenvalue weighted by molar-refractivity contribution is 7.11. The van der Waals surface area contributed by atoms with Crippen LogP contribution in [0.15, 0.2) is 5.38 Å². The number of carbonyl (C=O) groups excluding carboxylic acids is 2. The van der Waals surface area contributed by atoms with Gasteiger partial charge in [0, 0.05) is 12.4 Å². The second-order valence-electron chi connectivity index (χ2n) is 4.26. The first kappa shape index (κ1) is 15.1. The van der Waals surface area contributed by atoms with Gasteiger partial charge in [0.1, 0.15) is 11.5 Å². The van der Waals surface area contributed by atoms with Gasteiger partial charge in [-0.3, -0.25) is 9.89 Å². The van der Waals surface area contributed by atoms with E-state index in [-0.39, 0.29) is 29.8 Å². The molecule has 0 spiro atoms. The van der Waals surface area contributed by atoms with Gasteiger partial charge in [-0.15, -0.1) is 11.3 Å². The number of carbonyl (C=O) groups is 2. The molecule has 0 aliphatic rings. The Morgan fingerprint density at radius 1 is 1.43 bits per heavy atom. The monoisotopic (exact) mass is 309 g/mol. The second kappa shape index (κ2) is 6.44. The minimum atomic E-state index is -0.520. The highest BCUT2D eigenvalue weighted by Crippen LogP contribution is 2.13. The number of aryl methyl sites for hydroxylation is 1. The molecule has 0 saturated heterocycles. The van der Waals surface area contributed by atoms with Crippen molar-refractivity contribution < 1.29 is 14.3 Å². The summed E-state index contributed by atoms with van der Waals surface area (Å²) in [6.45, 7) is 4.02.